The predicted molar refractivity (Wildman–Crippen MR) is 221 cm³/mol. The van der Waals surface area contributed by atoms with Crippen molar-refractivity contribution in [3.63, 3.8) is 0 Å². The molecule has 308 valence electrons. The van der Waals surface area contributed by atoms with Gasteiger partial charge in [0.1, 0.15) is 17.0 Å². The molecule has 16 heteroatoms. The molecule has 2 aliphatic rings. The third kappa shape index (κ3) is 9.67. The number of fused-ring (bicyclic) bond motifs is 1. The van der Waals surface area contributed by atoms with Gasteiger partial charge in [0.15, 0.2) is 5.82 Å². The number of carbonyl (C=O) groups is 4. The van der Waals surface area contributed by atoms with E-state index in [-0.39, 0.29) is 42.4 Å². The van der Waals surface area contributed by atoms with E-state index in [2.05, 4.69) is 20.6 Å². The topological polar surface area (TPSA) is 157 Å². The molecule has 1 saturated heterocycles. The third-order valence-electron chi connectivity index (χ3n) is 9.64. The molecular weight excluding hydrogens is 785 g/mol. The van der Waals surface area contributed by atoms with Gasteiger partial charge in [0.2, 0.25) is 5.91 Å². The molecule has 14 nitrogen and oxygen atoms in total. The maximum Gasteiger partial charge on any atom is 0.410 e. The van der Waals surface area contributed by atoms with Gasteiger partial charge < -0.3 is 39.2 Å². The Balaban J connectivity index is 1.22. The number of ether oxygens (including phenoxy) is 3. The Hall–Kier alpha value is -5.34. The number of halogens is 2. The molecule has 2 N–H and O–H groups in total. The molecule has 2 aliphatic heterocycles. The van der Waals surface area contributed by atoms with Crippen molar-refractivity contribution in [1.29, 1.82) is 0 Å². The lowest BCUT2D eigenvalue weighted by Gasteiger charge is -2.29. The number of nitrogens with one attached hydrogen (secondary N) is 2. The summed E-state index contributed by atoms with van der Waals surface area (Å²) in [7, 11) is 3.32. The molecule has 0 bridgehead atoms. The van der Waals surface area contributed by atoms with Gasteiger partial charge in [0.25, 0.3) is 5.91 Å². The number of rotatable bonds is 9. The van der Waals surface area contributed by atoms with Crippen molar-refractivity contribution in [2.45, 2.75) is 91.1 Å². The second-order valence-electron chi connectivity index (χ2n) is 16.4. The summed E-state index contributed by atoms with van der Waals surface area (Å²) in [6.45, 7) is 12.0. The van der Waals surface area contributed by atoms with Crippen molar-refractivity contribution in [3.05, 3.63) is 81.5 Å². The van der Waals surface area contributed by atoms with Gasteiger partial charge in [-0.2, -0.15) is 0 Å². The summed E-state index contributed by atoms with van der Waals surface area (Å²) >= 11 is 14.1. The number of carbonyl (C=O) groups excluding carboxylic acids is 4. The van der Waals surface area contributed by atoms with Crippen molar-refractivity contribution < 1.29 is 33.4 Å². The van der Waals surface area contributed by atoms with Gasteiger partial charge in [-0.3, -0.25) is 14.6 Å². The van der Waals surface area contributed by atoms with Crippen molar-refractivity contribution in [2.24, 2.45) is 7.05 Å². The molecule has 0 saturated carbocycles. The van der Waals surface area contributed by atoms with Crippen LogP contribution < -0.4 is 15.4 Å². The van der Waals surface area contributed by atoms with E-state index in [1.54, 1.807) is 85.8 Å². The molecule has 0 spiro atoms. The smallest absolute Gasteiger partial charge is 0.410 e. The Bertz CT molecular complexity index is 2250. The Morgan fingerprint density at radius 3 is 2.38 bits per heavy atom. The predicted octanol–water partition coefficient (Wildman–Crippen LogP) is 8.03. The Morgan fingerprint density at radius 2 is 1.71 bits per heavy atom. The average Bonchev–Trinajstić information content (AvgIpc) is 3.72. The van der Waals surface area contributed by atoms with E-state index in [0.29, 0.717) is 75.9 Å². The minimum atomic E-state index is -0.711. The fourth-order valence-electron chi connectivity index (χ4n) is 6.92. The van der Waals surface area contributed by atoms with E-state index in [4.69, 9.17) is 37.4 Å². The van der Waals surface area contributed by atoms with Gasteiger partial charge in [-0.1, -0.05) is 47.5 Å². The first kappa shape index (κ1) is 42.3. The average molecular weight is 835 g/mol. The first-order valence-electron chi connectivity index (χ1n) is 19.0. The van der Waals surface area contributed by atoms with Gasteiger partial charge in [0, 0.05) is 73.2 Å². The summed E-state index contributed by atoms with van der Waals surface area (Å²) in [5, 5.41) is 6.42. The quantitative estimate of drug-likeness (QED) is 0.170. The summed E-state index contributed by atoms with van der Waals surface area (Å²) in [6.07, 6.45) is 2.24. The van der Waals surface area contributed by atoms with E-state index >= 15 is 0 Å². The van der Waals surface area contributed by atoms with Crippen molar-refractivity contribution in [1.82, 2.24) is 29.7 Å². The van der Waals surface area contributed by atoms with Crippen LogP contribution in [0.3, 0.4) is 0 Å². The molecule has 0 radical (unpaired) electrons. The number of hydrogen-bond acceptors (Lipinski definition) is 9. The number of anilines is 1. The summed E-state index contributed by atoms with van der Waals surface area (Å²) in [5.41, 5.74) is 3.49. The number of methoxy groups -OCH3 is 1. The summed E-state index contributed by atoms with van der Waals surface area (Å²) < 4.78 is 18.8. The Morgan fingerprint density at radius 1 is 0.983 bits per heavy atom. The van der Waals surface area contributed by atoms with Crippen molar-refractivity contribution >= 4 is 52.9 Å². The molecule has 1 fully saturated rings. The van der Waals surface area contributed by atoms with Crippen LogP contribution in [0.25, 0.3) is 22.4 Å². The molecule has 6 rings (SSSR count). The molecule has 1 atom stereocenters. The zero-order chi connectivity index (χ0) is 42.1. The molecule has 4 amide bonds. The van der Waals surface area contributed by atoms with Gasteiger partial charge in [-0.05, 0) is 66.2 Å². The maximum atomic E-state index is 13.7. The molecule has 0 aliphatic carbocycles. The molecule has 4 heterocycles. The highest BCUT2D eigenvalue weighted by atomic mass is 35.5. The lowest BCUT2D eigenvalue weighted by Crippen LogP contribution is -2.43. The van der Waals surface area contributed by atoms with E-state index < -0.39 is 29.3 Å². The fraction of sp³-hybridized carbons (Fsp3) is 0.429. The van der Waals surface area contributed by atoms with Gasteiger partial charge in [0.05, 0.1) is 47.3 Å². The van der Waals surface area contributed by atoms with Crippen LogP contribution in [-0.4, -0.2) is 85.8 Å². The highest BCUT2D eigenvalue weighted by Gasteiger charge is 2.32. The van der Waals surface area contributed by atoms with Gasteiger partial charge in [-0.15, -0.1) is 0 Å². The van der Waals surface area contributed by atoms with Crippen LogP contribution in [0.4, 0.5) is 15.3 Å². The Labute approximate surface area is 348 Å². The number of imidazole rings is 1. The number of amides is 4. The van der Waals surface area contributed by atoms with Crippen molar-refractivity contribution in [2.75, 3.05) is 25.5 Å². The van der Waals surface area contributed by atoms with E-state index in [9.17, 15) is 19.2 Å². The second kappa shape index (κ2) is 16.9. The van der Waals surface area contributed by atoms with Crippen LogP contribution in [0.5, 0.6) is 5.75 Å². The van der Waals surface area contributed by atoms with Crippen molar-refractivity contribution in [3.8, 4) is 28.1 Å². The van der Waals surface area contributed by atoms with Crippen LogP contribution in [0.2, 0.25) is 10.0 Å². The van der Waals surface area contributed by atoms with Crippen LogP contribution in [-0.2, 0) is 40.8 Å². The molecular formula is C42H49Cl2N7O7. The SMILES string of the molecule is COc1cc(-c2nccc(-c3cccc(NC(=O)c4nc5c(n4C)CCN(C(=O)OC(C)(C)C)C5)c3Cl)c2Cl)ccc1CN(C[C@@H]1CCC(=O)N1)C(=O)OC(C)(C)C. The monoisotopic (exact) mass is 833 g/mol. The van der Waals surface area contributed by atoms with Crippen LogP contribution in [0, 0.1) is 0 Å². The fourth-order valence-corrected chi connectivity index (χ4v) is 7.52. The standard InChI is InChI=1S/C42H49Cl2N7O7/c1-41(2,3)57-39(54)50-19-17-31-30(23-50)47-37(49(31)7)38(53)48-29-11-9-10-27(34(29)43)28-16-18-45-36(35(28)44)24-12-13-25(32(20-24)56-8)21-51(40(55)58-42(4,5)6)22-26-14-15-33(52)46-26/h9-13,16,18,20,26H,14-15,17,19,21-23H2,1-8H3,(H,46,52)(H,48,53)/t26-/m0/s1. The molecule has 4 aromatic rings. The first-order chi connectivity index (χ1) is 27.3. The third-order valence-corrected chi connectivity index (χ3v) is 10.4. The van der Waals surface area contributed by atoms with Gasteiger partial charge in [-0.25, -0.2) is 14.6 Å². The van der Waals surface area contributed by atoms with E-state index in [1.165, 1.54) is 0 Å². The lowest BCUT2D eigenvalue weighted by molar-refractivity contribution is -0.119. The summed E-state index contributed by atoms with van der Waals surface area (Å²) in [6, 6.07) is 12.3. The highest BCUT2D eigenvalue weighted by molar-refractivity contribution is 6.39. The normalized spacial score (nSPS) is 15.4. The Kier molecular flexibility index (Phi) is 12.3. The van der Waals surface area contributed by atoms with Crippen LogP contribution >= 0.6 is 23.2 Å². The van der Waals surface area contributed by atoms with E-state index in [1.807, 2.05) is 32.9 Å². The minimum Gasteiger partial charge on any atom is -0.496 e. The lowest BCUT2D eigenvalue weighted by atomic mass is 10.0. The van der Waals surface area contributed by atoms with Crippen LogP contribution in [0.15, 0.2) is 48.7 Å². The molecule has 2 aromatic heterocycles. The van der Waals surface area contributed by atoms with Crippen LogP contribution in [0.1, 0.15) is 82.0 Å². The largest absolute Gasteiger partial charge is 0.496 e. The summed E-state index contributed by atoms with van der Waals surface area (Å²) in [5.74, 6) is 0.171. The maximum absolute atomic E-state index is 13.7. The highest BCUT2D eigenvalue weighted by Crippen LogP contribution is 2.41. The summed E-state index contributed by atoms with van der Waals surface area (Å²) in [4.78, 5) is 64.0. The first-order valence-corrected chi connectivity index (χ1v) is 19.8. The molecule has 0 unspecified atom stereocenters. The number of aromatic nitrogens is 3. The number of benzene rings is 2. The second-order valence-corrected chi connectivity index (χ2v) is 17.1. The number of nitrogens with zero attached hydrogens (tertiary/aromatic N) is 5. The minimum absolute atomic E-state index is 0.0429. The number of pyridine rings is 1. The molecule has 2 aromatic carbocycles. The zero-order valence-corrected chi connectivity index (χ0v) is 35.5. The van der Waals surface area contributed by atoms with Gasteiger partial charge >= 0.3 is 12.2 Å². The zero-order valence-electron chi connectivity index (χ0n) is 34.0. The molecule has 58 heavy (non-hydrogen) atoms. The van der Waals surface area contributed by atoms with E-state index in [0.717, 1.165) is 5.69 Å². The number of hydrogen-bond donors (Lipinski definition) is 2.